The van der Waals surface area contributed by atoms with Crippen molar-refractivity contribution in [2.75, 3.05) is 5.32 Å². The third-order valence-corrected chi connectivity index (χ3v) is 3.08. The van der Waals surface area contributed by atoms with Crippen molar-refractivity contribution in [1.29, 1.82) is 5.26 Å². The molecule has 3 nitrogen and oxygen atoms in total. The molecule has 0 aromatic heterocycles. The first-order valence-electron chi connectivity index (χ1n) is 5.47. The van der Waals surface area contributed by atoms with E-state index in [2.05, 4.69) is 5.32 Å². The van der Waals surface area contributed by atoms with Crippen LogP contribution < -0.4 is 5.32 Å². The Kier molecular flexibility index (Phi) is 4.23. The molecule has 0 fully saturated rings. The maximum absolute atomic E-state index is 13.6. The van der Waals surface area contributed by atoms with Crippen molar-refractivity contribution in [3.63, 3.8) is 0 Å². The fourth-order valence-electron chi connectivity index (χ4n) is 1.55. The molecule has 0 aliphatic heterocycles. The summed E-state index contributed by atoms with van der Waals surface area (Å²) in [6, 6.07) is 10.1. The van der Waals surface area contributed by atoms with Gasteiger partial charge in [0.15, 0.2) is 0 Å². The van der Waals surface area contributed by atoms with Crippen LogP contribution in [0.5, 0.6) is 0 Å². The predicted molar refractivity (Wildman–Crippen MR) is 75.5 cm³/mol. The molecule has 1 amide bonds. The van der Waals surface area contributed by atoms with E-state index >= 15 is 0 Å². The molecule has 2 aromatic rings. The minimum absolute atomic E-state index is 0.159. The molecule has 100 valence electrons. The molecule has 0 saturated heterocycles. The smallest absolute Gasteiger partial charge is 0.258 e. The summed E-state index contributed by atoms with van der Waals surface area (Å²) in [5, 5.41) is 11.7. The lowest BCUT2D eigenvalue weighted by Gasteiger charge is -2.08. The topological polar surface area (TPSA) is 52.9 Å². The van der Waals surface area contributed by atoms with E-state index in [0.29, 0.717) is 5.56 Å². The molecule has 0 bridgehead atoms. The van der Waals surface area contributed by atoms with E-state index in [9.17, 15) is 9.18 Å². The summed E-state index contributed by atoms with van der Waals surface area (Å²) in [6.45, 7) is 0. The summed E-state index contributed by atoms with van der Waals surface area (Å²) in [5.41, 5.74) is 0.416. The van der Waals surface area contributed by atoms with Crippen LogP contribution in [0.3, 0.4) is 0 Å². The number of halogens is 3. The Balaban J connectivity index is 2.30. The molecular weight excluding hydrogens is 302 g/mol. The Morgan fingerprint density at radius 3 is 2.60 bits per heavy atom. The quantitative estimate of drug-likeness (QED) is 0.901. The van der Waals surface area contributed by atoms with Crippen molar-refractivity contribution in [3.05, 3.63) is 63.4 Å². The predicted octanol–water partition coefficient (Wildman–Crippen LogP) is 4.26. The van der Waals surface area contributed by atoms with Gasteiger partial charge in [0, 0.05) is 5.02 Å². The first-order valence-corrected chi connectivity index (χ1v) is 6.23. The number of carbonyl (C=O) groups is 1. The average molecular weight is 309 g/mol. The van der Waals surface area contributed by atoms with Gasteiger partial charge in [-0.2, -0.15) is 5.26 Å². The third kappa shape index (κ3) is 3.08. The van der Waals surface area contributed by atoms with Crippen LogP contribution in [0.1, 0.15) is 15.9 Å². The molecule has 1 N–H and O–H groups in total. The zero-order valence-electron chi connectivity index (χ0n) is 9.95. The molecule has 0 unspecified atom stereocenters. The monoisotopic (exact) mass is 308 g/mol. The average Bonchev–Trinajstić information content (AvgIpc) is 2.41. The number of nitrogens with zero attached hydrogens (tertiary/aromatic N) is 1. The number of carbonyl (C=O) groups excluding carboxylic acids is 1. The van der Waals surface area contributed by atoms with Crippen LogP contribution in [0, 0.1) is 17.1 Å². The maximum atomic E-state index is 13.6. The molecule has 0 aliphatic rings. The van der Waals surface area contributed by atoms with E-state index in [1.165, 1.54) is 30.3 Å². The molecular formula is C14H7Cl2FN2O. The largest absolute Gasteiger partial charge is 0.320 e. The summed E-state index contributed by atoms with van der Waals surface area (Å²) in [7, 11) is 0. The molecule has 0 atom stereocenters. The molecule has 0 heterocycles. The third-order valence-electron chi connectivity index (χ3n) is 2.52. The van der Waals surface area contributed by atoms with Crippen molar-refractivity contribution in [3.8, 4) is 6.07 Å². The van der Waals surface area contributed by atoms with E-state index in [1.807, 2.05) is 6.07 Å². The minimum Gasteiger partial charge on any atom is -0.320 e. The molecule has 0 aliphatic carbocycles. The summed E-state index contributed by atoms with van der Waals surface area (Å²) < 4.78 is 13.6. The molecule has 2 rings (SSSR count). The van der Waals surface area contributed by atoms with E-state index in [4.69, 9.17) is 28.5 Å². The number of hydrogen-bond acceptors (Lipinski definition) is 2. The first kappa shape index (κ1) is 14.3. The van der Waals surface area contributed by atoms with E-state index in [0.717, 1.165) is 6.07 Å². The lowest BCUT2D eigenvalue weighted by molar-refractivity contribution is 0.102. The lowest BCUT2D eigenvalue weighted by Crippen LogP contribution is -2.14. The Labute approximate surface area is 124 Å². The summed E-state index contributed by atoms with van der Waals surface area (Å²) in [5.74, 6) is -1.40. The zero-order chi connectivity index (χ0) is 14.7. The van der Waals surface area contributed by atoms with Gasteiger partial charge in [0.1, 0.15) is 5.82 Å². The van der Waals surface area contributed by atoms with Gasteiger partial charge in [-0.25, -0.2) is 4.39 Å². The van der Waals surface area contributed by atoms with Gasteiger partial charge in [-0.1, -0.05) is 23.2 Å². The highest BCUT2D eigenvalue weighted by Crippen LogP contribution is 2.24. The minimum atomic E-state index is -0.734. The Bertz CT molecular complexity index is 726. The number of benzene rings is 2. The highest BCUT2D eigenvalue weighted by molar-refractivity contribution is 6.34. The fraction of sp³-hybridized carbons (Fsp3) is 0. The zero-order valence-corrected chi connectivity index (χ0v) is 11.5. The Morgan fingerprint density at radius 2 is 1.95 bits per heavy atom. The summed E-state index contributed by atoms with van der Waals surface area (Å²) in [6.07, 6.45) is 0. The van der Waals surface area contributed by atoms with Crippen LogP contribution >= 0.6 is 23.2 Å². The number of rotatable bonds is 2. The Hall–Kier alpha value is -2.09. The van der Waals surface area contributed by atoms with Gasteiger partial charge in [-0.15, -0.1) is 0 Å². The van der Waals surface area contributed by atoms with E-state index < -0.39 is 11.7 Å². The second-order valence-corrected chi connectivity index (χ2v) is 4.73. The highest BCUT2D eigenvalue weighted by Gasteiger charge is 2.14. The number of anilines is 1. The van der Waals surface area contributed by atoms with Crippen molar-refractivity contribution < 1.29 is 9.18 Å². The van der Waals surface area contributed by atoms with Crippen LogP contribution in [0.15, 0.2) is 36.4 Å². The van der Waals surface area contributed by atoms with Crippen LogP contribution in [-0.2, 0) is 0 Å². The van der Waals surface area contributed by atoms with Crippen LogP contribution in [0.4, 0.5) is 10.1 Å². The van der Waals surface area contributed by atoms with Gasteiger partial charge < -0.3 is 5.32 Å². The van der Waals surface area contributed by atoms with Gasteiger partial charge >= 0.3 is 0 Å². The van der Waals surface area contributed by atoms with Gasteiger partial charge in [-0.3, -0.25) is 4.79 Å². The van der Waals surface area contributed by atoms with Crippen molar-refractivity contribution in [2.45, 2.75) is 0 Å². The van der Waals surface area contributed by atoms with Gasteiger partial charge in [0.05, 0.1) is 27.9 Å². The summed E-state index contributed by atoms with van der Waals surface area (Å²) in [4.78, 5) is 12.0. The highest BCUT2D eigenvalue weighted by atomic mass is 35.5. The number of nitriles is 1. The first-order chi connectivity index (χ1) is 9.51. The molecule has 0 radical (unpaired) electrons. The van der Waals surface area contributed by atoms with Crippen molar-refractivity contribution in [1.82, 2.24) is 0 Å². The lowest BCUT2D eigenvalue weighted by atomic mass is 10.1. The normalized spacial score (nSPS) is 9.90. The van der Waals surface area contributed by atoms with Gasteiger partial charge in [-0.05, 0) is 36.4 Å². The number of nitrogens with one attached hydrogen (secondary N) is 1. The number of hydrogen-bond donors (Lipinski definition) is 1. The van der Waals surface area contributed by atoms with Crippen molar-refractivity contribution >= 4 is 34.8 Å². The van der Waals surface area contributed by atoms with Crippen molar-refractivity contribution in [2.24, 2.45) is 0 Å². The van der Waals surface area contributed by atoms with Crippen LogP contribution in [-0.4, -0.2) is 5.91 Å². The Morgan fingerprint density at radius 1 is 1.20 bits per heavy atom. The van der Waals surface area contributed by atoms with Crippen LogP contribution in [0.25, 0.3) is 0 Å². The van der Waals surface area contributed by atoms with Crippen LogP contribution in [0.2, 0.25) is 10.0 Å². The molecule has 0 spiro atoms. The second-order valence-electron chi connectivity index (χ2n) is 3.88. The molecule has 0 saturated carbocycles. The van der Waals surface area contributed by atoms with Gasteiger partial charge in [0.25, 0.3) is 5.91 Å². The number of amides is 1. The SMILES string of the molecule is N#Cc1ccc(Cl)c(NC(=O)c2ccc(Cl)cc2F)c1. The second kappa shape index (κ2) is 5.91. The summed E-state index contributed by atoms with van der Waals surface area (Å²) >= 11 is 11.5. The van der Waals surface area contributed by atoms with Gasteiger partial charge in [0.2, 0.25) is 0 Å². The van der Waals surface area contributed by atoms with E-state index in [1.54, 1.807) is 0 Å². The fourth-order valence-corrected chi connectivity index (χ4v) is 1.88. The maximum Gasteiger partial charge on any atom is 0.258 e. The molecule has 6 heteroatoms. The molecule has 2 aromatic carbocycles. The van der Waals surface area contributed by atoms with E-state index in [-0.39, 0.29) is 21.3 Å². The standard InChI is InChI=1S/C14H7Cl2FN2O/c15-9-2-3-10(12(17)6-9)14(20)19-13-5-8(7-18)1-4-11(13)16/h1-6H,(H,19,20). The molecule has 20 heavy (non-hydrogen) atoms.